The highest BCUT2D eigenvalue weighted by Gasteiger charge is 2.52. The largest absolute Gasteiger partial charge is 0.492 e. The Hall–Kier alpha value is -3.86. The van der Waals surface area contributed by atoms with Crippen LogP contribution in [-0.2, 0) is 14.0 Å². The summed E-state index contributed by atoms with van der Waals surface area (Å²) in [7, 11) is -0.685. The lowest BCUT2D eigenvalue weighted by Gasteiger charge is -2.32. The minimum absolute atomic E-state index is 0.0218. The van der Waals surface area contributed by atoms with Crippen LogP contribution in [0, 0.1) is 18.3 Å². The predicted molar refractivity (Wildman–Crippen MR) is 153 cm³/mol. The molecule has 0 atom stereocenters. The van der Waals surface area contributed by atoms with E-state index in [4.69, 9.17) is 14.0 Å². The number of carbonyl (C=O) groups excluding carboxylic acids is 1. The highest BCUT2D eigenvalue weighted by Crippen LogP contribution is 2.44. The number of hydrogen-bond acceptors (Lipinski definition) is 5. The van der Waals surface area contributed by atoms with Crippen LogP contribution in [0.3, 0.4) is 0 Å². The molecule has 1 saturated heterocycles. The van der Waals surface area contributed by atoms with Crippen LogP contribution in [0.5, 0.6) is 0 Å². The zero-order chi connectivity index (χ0) is 27.8. The molecule has 3 aromatic carbocycles. The van der Waals surface area contributed by atoms with Gasteiger partial charge in [-0.2, -0.15) is 5.26 Å². The zero-order valence-electron chi connectivity index (χ0n) is 23.1. The van der Waals surface area contributed by atoms with Crippen molar-refractivity contribution < 1.29 is 18.8 Å². The van der Waals surface area contributed by atoms with E-state index in [1.807, 2.05) is 77.1 Å². The maximum atomic E-state index is 12.9. The quantitative estimate of drug-likeness (QED) is 0.380. The molecule has 1 aliphatic carbocycles. The molecule has 0 spiro atoms. The first-order valence-electron chi connectivity index (χ1n) is 13.3. The van der Waals surface area contributed by atoms with Gasteiger partial charge in [0.2, 0.25) is 0 Å². The van der Waals surface area contributed by atoms with E-state index >= 15 is 0 Å². The van der Waals surface area contributed by atoms with Gasteiger partial charge in [-0.3, -0.25) is 0 Å². The van der Waals surface area contributed by atoms with Gasteiger partial charge in [0.05, 0.1) is 22.8 Å². The van der Waals surface area contributed by atoms with E-state index in [1.165, 1.54) is 11.1 Å². The van der Waals surface area contributed by atoms with Gasteiger partial charge in [-0.15, -0.1) is 0 Å². The molecule has 1 amide bonds. The summed E-state index contributed by atoms with van der Waals surface area (Å²) in [5, 5.41) is 12.6. The van der Waals surface area contributed by atoms with Crippen LogP contribution in [0.1, 0.15) is 61.4 Å². The Morgan fingerprint density at radius 2 is 1.56 bits per heavy atom. The van der Waals surface area contributed by atoms with E-state index in [0.29, 0.717) is 11.0 Å². The van der Waals surface area contributed by atoms with Crippen molar-refractivity contribution in [1.82, 2.24) is 5.32 Å². The van der Waals surface area contributed by atoms with Gasteiger partial charge in [-0.25, -0.2) is 4.79 Å². The van der Waals surface area contributed by atoms with E-state index in [0.717, 1.165) is 22.3 Å². The third-order valence-electron chi connectivity index (χ3n) is 8.11. The van der Waals surface area contributed by atoms with Crippen molar-refractivity contribution in [3.05, 3.63) is 100 Å². The lowest BCUT2D eigenvalue weighted by atomic mass is 9.76. The first-order chi connectivity index (χ1) is 18.6. The van der Waals surface area contributed by atoms with Crippen molar-refractivity contribution >= 4 is 19.3 Å². The number of nitrogens with zero attached hydrogens (tertiary/aromatic N) is 1. The second-order valence-corrected chi connectivity index (χ2v) is 11.1. The molecular weight excluding hydrogens is 487 g/mol. The topological polar surface area (TPSA) is 80.6 Å². The van der Waals surface area contributed by atoms with Gasteiger partial charge in [-0.05, 0) is 79.5 Å². The van der Waals surface area contributed by atoms with Crippen LogP contribution in [0.4, 0.5) is 4.79 Å². The number of aryl methyl sites for hydroxylation is 1. The van der Waals surface area contributed by atoms with E-state index < -0.39 is 24.4 Å². The van der Waals surface area contributed by atoms with Crippen molar-refractivity contribution in [3.8, 4) is 17.2 Å². The molecule has 6 nitrogen and oxygen atoms in total. The predicted octanol–water partition coefficient (Wildman–Crippen LogP) is 6.42. The number of hydrogen-bond donors (Lipinski definition) is 1. The number of benzene rings is 3. The average Bonchev–Trinajstić information content (AvgIpc) is 3.34. The van der Waals surface area contributed by atoms with Crippen LogP contribution in [0.2, 0.25) is 0 Å². The highest BCUT2D eigenvalue weighted by atomic mass is 16.7. The molecule has 0 unspecified atom stereocenters. The van der Waals surface area contributed by atoms with Crippen molar-refractivity contribution in [1.29, 1.82) is 5.26 Å². The first-order valence-corrected chi connectivity index (χ1v) is 13.3. The number of rotatable bonds is 6. The fourth-order valence-corrected chi connectivity index (χ4v) is 5.18. The van der Waals surface area contributed by atoms with Crippen molar-refractivity contribution in [2.75, 3.05) is 13.2 Å². The lowest BCUT2D eigenvalue weighted by molar-refractivity contribution is 0.00578. The summed E-state index contributed by atoms with van der Waals surface area (Å²) in [6.45, 7) is 10.3. The lowest BCUT2D eigenvalue weighted by Crippen LogP contribution is -2.41. The van der Waals surface area contributed by atoms with Gasteiger partial charge in [0.15, 0.2) is 0 Å². The third-order valence-corrected chi connectivity index (χ3v) is 8.11. The molecule has 2 aliphatic rings. The van der Waals surface area contributed by atoms with Crippen molar-refractivity contribution in [2.45, 2.75) is 51.7 Å². The molecule has 7 heteroatoms. The smallest absolute Gasteiger partial charge is 0.449 e. The summed E-state index contributed by atoms with van der Waals surface area (Å²) in [4.78, 5) is 12.9. The Morgan fingerprint density at radius 3 is 2.15 bits per heavy atom. The summed E-state index contributed by atoms with van der Waals surface area (Å²) in [5.41, 5.74) is 6.55. The second-order valence-electron chi connectivity index (χ2n) is 11.1. The molecule has 1 aliphatic heterocycles. The Balaban J connectivity index is 1.34. The molecule has 5 rings (SSSR count). The van der Waals surface area contributed by atoms with Gasteiger partial charge in [0.25, 0.3) is 0 Å². The minimum atomic E-state index is -0.685. The minimum Gasteiger partial charge on any atom is -0.449 e. The summed E-state index contributed by atoms with van der Waals surface area (Å²) < 4.78 is 18.3. The summed E-state index contributed by atoms with van der Waals surface area (Å²) in [6, 6.07) is 24.3. The van der Waals surface area contributed by atoms with Gasteiger partial charge in [-0.1, -0.05) is 66.7 Å². The first kappa shape index (κ1) is 26.7. The van der Waals surface area contributed by atoms with E-state index in [2.05, 4.69) is 35.7 Å². The SMILES string of the molecule is Cc1cccc(C#N)c1C=C(CNC(=O)OCC1c2ccccc2-c2ccccc21)B1OC(C)(C)C(C)(C)O1. The third kappa shape index (κ3) is 5.10. The molecule has 0 aromatic heterocycles. The van der Waals surface area contributed by atoms with Crippen molar-refractivity contribution in [2.24, 2.45) is 0 Å². The number of ether oxygens (including phenoxy) is 1. The van der Waals surface area contributed by atoms with Crippen molar-refractivity contribution in [3.63, 3.8) is 0 Å². The van der Waals surface area contributed by atoms with Gasteiger partial charge >= 0.3 is 13.2 Å². The molecule has 1 heterocycles. The normalized spacial score (nSPS) is 17.3. The number of alkyl carbamates (subject to hydrolysis) is 1. The van der Waals surface area contributed by atoms with Crippen LogP contribution >= 0.6 is 0 Å². The Labute approximate surface area is 230 Å². The molecule has 0 radical (unpaired) electrons. The summed E-state index contributed by atoms with van der Waals surface area (Å²) >= 11 is 0. The number of fused-ring (bicyclic) bond motifs is 3. The fraction of sp³-hybridized carbons (Fsp3) is 0.312. The monoisotopic (exact) mass is 520 g/mol. The maximum absolute atomic E-state index is 12.9. The average molecular weight is 520 g/mol. The summed E-state index contributed by atoms with van der Waals surface area (Å²) in [6.07, 6.45) is 1.37. The zero-order valence-corrected chi connectivity index (χ0v) is 23.1. The number of amides is 1. The Morgan fingerprint density at radius 1 is 0.974 bits per heavy atom. The maximum Gasteiger partial charge on any atom is 0.492 e. The van der Waals surface area contributed by atoms with E-state index in [1.54, 1.807) is 6.07 Å². The van der Waals surface area contributed by atoms with Crippen LogP contribution in [0.15, 0.2) is 72.2 Å². The molecule has 39 heavy (non-hydrogen) atoms. The number of nitrogens with one attached hydrogen (secondary N) is 1. The highest BCUT2D eigenvalue weighted by molar-refractivity contribution is 6.56. The van der Waals surface area contributed by atoms with Gasteiger partial charge < -0.3 is 19.4 Å². The standard InChI is InChI=1S/C32H33BN2O4/c1-21-11-10-12-22(18-34)28(21)17-23(33-38-31(2,3)32(4,5)39-33)19-35-30(36)37-20-29-26-15-8-6-13-24(26)25-14-7-9-16-27(25)29/h6-17,29H,19-20H2,1-5H3,(H,35,36). The summed E-state index contributed by atoms with van der Waals surface area (Å²) in [5.74, 6) is -0.0218. The molecular formula is C32H33BN2O4. The van der Waals surface area contributed by atoms with Gasteiger partial charge in [0.1, 0.15) is 6.61 Å². The molecule has 1 N–H and O–H groups in total. The molecule has 0 saturated carbocycles. The molecule has 0 bridgehead atoms. The fourth-order valence-electron chi connectivity index (χ4n) is 5.18. The Kier molecular flexibility index (Phi) is 7.11. The number of nitriles is 1. The van der Waals surface area contributed by atoms with Crippen LogP contribution in [0.25, 0.3) is 17.2 Å². The molecule has 198 valence electrons. The second kappa shape index (κ2) is 10.4. The molecule has 1 fully saturated rings. The Bertz CT molecular complexity index is 1430. The molecule has 3 aromatic rings. The van der Waals surface area contributed by atoms with Crippen LogP contribution < -0.4 is 5.32 Å². The van der Waals surface area contributed by atoms with Crippen LogP contribution in [-0.4, -0.2) is 37.6 Å². The van der Waals surface area contributed by atoms with Gasteiger partial charge in [0, 0.05) is 12.5 Å². The van der Waals surface area contributed by atoms with E-state index in [-0.39, 0.29) is 19.1 Å². The number of carbonyl (C=O) groups is 1. The van der Waals surface area contributed by atoms with E-state index in [9.17, 15) is 10.1 Å².